The normalized spacial score (nSPS) is 22.8. The molecule has 0 spiro atoms. The fraction of sp³-hybridized carbons (Fsp3) is 0.769. The Balaban J connectivity index is 1.86. The summed E-state index contributed by atoms with van der Waals surface area (Å²) in [4.78, 5) is 24.4. The summed E-state index contributed by atoms with van der Waals surface area (Å²) in [6.45, 7) is 6.52. The van der Waals surface area contributed by atoms with Crippen LogP contribution in [0.25, 0.3) is 0 Å². The van der Waals surface area contributed by atoms with Crippen molar-refractivity contribution in [2.75, 3.05) is 13.1 Å². The Morgan fingerprint density at radius 3 is 2.39 bits per heavy atom. The van der Waals surface area contributed by atoms with Crippen molar-refractivity contribution < 1.29 is 14.3 Å². The van der Waals surface area contributed by atoms with Crippen molar-refractivity contribution in [1.82, 2.24) is 4.90 Å². The van der Waals surface area contributed by atoms with E-state index in [4.69, 9.17) is 10.00 Å². The zero-order chi connectivity index (χ0) is 13.6. The molecule has 2 fully saturated rings. The van der Waals surface area contributed by atoms with Crippen molar-refractivity contribution in [2.45, 2.75) is 39.2 Å². The number of nitriles is 1. The van der Waals surface area contributed by atoms with Crippen molar-refractivity contribution in [1.29, 1.82) is 5.26 Å². The van der Waals surface area contributed by atoms with Crippen LogP contribution in [0.3, 0.4) is 0 Å². The van der Waals surface area contributed by atoms with Crippen LogP contribution in [0.15, 0.2) is 0 Å². The third kappa shape index (κ3) is 2.20. The molecular formula is C13H18N2O3. The van der Waals surface area contributed by atoms with Gasteiger partial charge in [0.15, 0.2) is 0 Å². The molecule has 1 aliphatic heterocycles. The highest BCUT2D eigenvalue weighted by Crippen LogP contribution is 2.47. The van der Waals surface area contributed by atoms with Gasteiger partial charge >= 0.3 is 6.09 Å². The van der Waals surface area contributed by atoms with Gasteiger partial charge in [-0.15, -0.1) is 0 Å². The Labute approximate surface area is 107 Å². The molecule has 18 heavy (non-hydrogen) atoms. The molecule has 1 saturated carbocycles. The highest BCUT2D eigenvalue weighted by atomic mass is 16.6. The predicted molar refractivity (Wildman–Crippen MR) is 63.6 cm³/mol. The van der Waals surface area contributed by atoms with Gasteiger partial charge in [0, 0.05) is 31.8 Å². The van der Waals surface area contributed by atoms with E-state index >= 15 is 0 Å². The largest absolute Gasteiger partial charge is 0.444 e. The standard InChI is InChI=1S/C13H18N2O3/c1-12(2,3)18-11(17)15-6-9(7-15)13(8-14)4-10(16)5-13/h9H,4-7H2,1-3H3. The lowest BCUT2D eigenvalue weighted by Crippen LogP contribution is -2.60. The molecule has 0 aromatic carbocycles. The number of carbonyl (C=O) groups excluding carboxylic acids is 2. The van der Waals surface area contributed by atoms with E-state index in [-0.39, 0.29) is 17.8 Å². The maximum Gasteiger partial charge on any atom is 0.410 e. The minimum absolute atomic E-state index is 0.118. The molecule has 2 rings (SSSR count). The second-order valence-electron chi connectivity index (χ2n) is 6.24. The second-order valence-corrected chi connectivity index (χ2v) is 6.24. The van der Waals surface area contributed by atoms with Gasteiger partial charge in [0.05, 0.1) is 11.5 Å². The fourth-order valence-corrected chi connectivity index (χ4v) is 2.41. The Morgan fingerprint density at radius 2 is 2.00 bits per heavy atom. The van der Waals surface area contributed by atoms with Gasteiger partial charge in [-0.2, -0.15) is 5.26 Å². The average Bonchev–Trinajstić information content (AvgIpc) is 2.08. The zero-order valence-corrected chi connectivity index (χ0v) is 11.0. The molecule has 98 valence electrons. The van der Waals surface area contributed by atoms with E-state index in [0.717, 1.165) is 0 Å². The molecule has 1 saturated heterocycles. The molecule has 1 heterocycles. The summed E-state index contributed by atoms with van der Waals surface area (Å²) < 4.78 is 5.25. The molecule has 1 amide bonds. The molecule has 0 aromatic heterocycles. The number of nitrogens with zero attached hydrogens (tertiary/aromatic N) is 2. The van der Waals surface area contributed by atoms with Crippen molar-refractivity contribution in [3.63, 3.8) is 0 Å². The molecule has 0 bridgehead atoms. The van der Waals surface area contributed by atoms with E-state index in [0.29, 0.717) is 25.9 Å². The number of ketones is 1. The van der Waals surface area contributed by atoms with Crippen LogP contribution < -0.4 is 0 Å². The fourth-order valence-electron chi connectivity index (χ4n) is 2.41. The number of hydrogen-bond acceptors (Lipinski definition) is 4. The van der Waals surface area contributed by atoms with Crippen molar-refractivity contribution in [3.8, 4) is 6.07 Å². The molecule has 0 radical (unpaired) electrons. The van der Waals surface area contributed by atoms with Crippen LogP contribution in [-0.4, -0.2) is 35.5 Å². The summed E-state index contributed by atoms with van der Waals surface area (Å²) in [6, 6.07) is 2.26. The topological polar surface area (TPSA) is 70.4 Å². The van der Waals surface area contributed by atoms with Gasteiger partial charge < -0.3 is 9.64 Å². The maximum atomic E-state index is 11.7. The van der Waals surface area contributed by atoms with Crippen LogP contribution in [0, 0.1) is 22.7 Å². The van der Waals surface area contributed by atoms with Gasteiger partial charge in [0.2, 0.25) is 0 Å². The van der Waals surface area contributed by atoms with Gasteiger partial charge in [0.25, 0.3) is 0 Å². The number of rotatable bonds is 1. The number of carbonyl (C=O) groups is 2. The van der Waals surface area contributed by atoms with Crippen LogP contribution in [-0.2, 0) is 9.53 Å². The Hall–Kier alpha value is -1.57. The lowest BCUT2D eigenvalue weighted by molar-refractivity contribution is -0.135. The van der Waals surface area contributed by atoms with Crippen LogP contribution in [0.2, 0.25) is 0 Å². The number of amides is 1. The minimum atomic E-state index is -0.518. The molecule has 5 heteroatoms. The Kier molecular flexibility index (Phi) is 2.84. The lowest BCUT2D eigenvalue weighted by atomic mass is 9.59. The van der Waals surface area contributed by atoms with Gasteiger partial charge in [0.1, 0.15) is 11.4 Å². The van der Waals surface area contributed by atoms with E-state index in [1.54, 1.807) is 4.90 Å². The van der Waals surface area contributed by atoms with Crippen LogP contribution >= 0.6 is 0 Å². The van der Waals surface area contributed by atoms with E-state index < -0.39 is 11.0 Å². The number of ether oxygens (including phenoxy) is 1. The van der Waals surface area contributed by atoms with E-state index in [1.165, 1.54) is 0 Å². The summed E-state index contributed by atoms with van der Waals surface area (Å²) in [5.74, 6) is 0.264. The van der Waals surface area contributed by atoms with Crippen LogP contribution in [0.1, 0.15) is 33.6 Å². The van der Waals surface area contributed by atoms with Crippen molar-refractivity contribution in [3.05, 3.63) is 0 Å². The van der Waals surface area contributed by atoms with E-state index in [9.17, 15) is 9.59 Å². The first-order chi connectivity index (χ1) is 8.26. The molecule has 0 atom stereocenters. The zero-order valence-electron chi connectivity index (χ0n) is 11.0. The summed E-state index contributed by atoms with van der Waals surface area (Å²) in [5.41, 5.74) is -1.02. The Morgan fingerprint density at radius 1 is 1.44 bits per heavy atom. The predicted octanol–water partition coefficient (Wildman–Crippen LogP) is 1.73. The molecule has 2 aliphatic rings. The Bertz CT molecular complexity index is 416. The summed E-state index contributed by atoms with van der Waals surface area (Å²) in [7, 11) is 0. The van der Waals surface area contributed by atoms with Crippen LogP contribution in [0.4, 0.5) is 4.79 Å². The molecule has 0 unspecified atom stereocenters. The summed E-state index contributed by atoms with van der Waals surface area (Å²) >= 11 is 0. The highest BCUT2D eigenvalue weighted by molar-refractivity contribution is 5.87. The molecule has 0 aromatic rings. The smallest absolute Gasteiger partial charge is 0.410 e. The quantitative estimate of drug-likeness (QED) is 0.710. The third-order valence-electron chi connectivity index (χ3n) is 3.56. The first-order valence-electron chi connectivity index (χ1n) is 6.17. The first kappa shape index (κ1) is 12.9. The molecule has 0 N–H and O–H groups in total. The van der Waals surface area contributed by atoms with Gasteiger partial charge in [-0.3, -0.25) is 4.79 Å². The monoisotopic (exact) mass is 250 g/mol. The first-order valence-corrected chi connectivity index (χ1v) is 6.17. The second kappa shape index (κ2) is 3.98. The van der Waals surface area contributed by atoms with Crippen molar-refractivity contribution in [2.24, 2.45) is 11.3 Å². The van der Waals surface area contributed by atoms with E-state index in [2.05, 4.69) is 6.07 Å². The lowest BCUT2D eigenvalue weighted by Gasteiger charge is -2.50. The molecule has 5 nitrogen and oxygen atoms in total. The van der Waals surface area contributed by atoms with E-state index in [1.807, 2.05) is 20.8 Å². The number of hydrogen-bond donors (Lipinski definition) is 0. The summed E-state index contributed by atoms with van der Waals surface area (Å²) in [6.07, 6.45) is 0.351. The highest BCUT2D eigenvalue weighted by Gasteiger charge is 2.54. The van der Waals surface area contributed by atoms with Crippen LogP contribution in [0.5, 0.6) is 0 Å². The van der Waals surface area contributed by atoms with Gasteiger partial charge in [-0.1, -0.05) is 0 Å². The number of Topliss-reactive ketones (excluding diaryl/α,β-unsaturated/α-hetero) is 1. The minimum Gasteiger partial charge on any atom is -0.444 e. The number of likely N-dealkylation sites (tertiary alicyclic amines) is 1. The SMILES string of the molecule is CC(C)(C)OC(=O)N1CC(C2(C#N)CC(=O)C2)C1. The third-order valence-corrected chi connectivity index (χ3v) is 3.56. The van der Waals surface area contributed by atoms with Gasteiger partial charge in [-0.25, -0.2) is 4.79 Å². The van der Waals surface area contributed by atoms with Crippen molar-refractivity contribution >= 4 is 11.9 Å². The molecule has 1 aliphatic carbocycles. The van der Waals surface area contributed by atoms with Gasteiger partial charge in [-0.05, 0) is 20.8 Å². The summed E-state index contributed by atoms with van der Waals surface area (Å²) in [5, 5.41) is 9.16. The average molecular weight is 250 g/mol. The maximum absolute atomic E-state index is 11.7. The molecular weight excluding hydrogens is 232 g/mol.